The molecule has 0 aliphatic heterocycles. The van der Waals surface area contributed by atoms with E-state index < -0.39 is 0 Å². The van der Waals surface area contributed by atoms with Gasteiger partial charge in [0, 0.05) is 12.7 Å². The first-order chi connectivity index (χ1) is 8.79. The van der Waals surface area contributed by atoms with Gasteiger partial charge in [0.15, 0.2) is 5.96 Å². The van der Waals surface area contributed by atoms with E-state index in [0.29, 0.717) is 25.1 Å². The van der Waals surface area contributed by atoms with Crippen LogP contribution in [0.15, 0.2) is 29.9 Å². The summed E-state index contributed by atoms with van der Waals surface area (Å²) in [6.45, 7) is 4.76. The third kappa shape index (κ3) is 3.35. The molecule has 1 aliphatic carbocycles. The Morgan fingerprint density at radius 1 is 1.61 bits per heavy atom. The van der Waals surface area contributed by atoms with Gasteiger partial charge < -0.3 is 11.1 Å². The minimum Gasteiger partial charge on any atom is -0.370 e. The van der Waals surface area contributed by atoms with Gasteiger partial charge in [-0.2, -0.15) is 5.10 Å². The first kappa shape index (κ1) is 12.7. The highest BCUT2D eigenvalue weighted by Gasteiger charge is 2.17. The lowest BCUT2D eigenvalue weighted by atomic mass is 10.3. The summed E-state index contributed by atoms with van der Waals surface area (Å²) < 4.78 is 2.07. The van der Waals surface area contributed by atoms with Crippen molar-refractivity contribution in [1.82, 2.24) is 15.1 Å². The van der Waals surface area contributed by atoms with Crippen molar-refractivity contribution in [2.24, 2.45) is 10.7 Å². The van der Waals surface area contributed by atoms with Crippen molar-refractivity contribution in [1.29, 1.82) is 0 Å². The maximum atomic E-state index is 5.69. The fourth-order valence-corrected chi connectivity index (χ4v) is 2.23. The number of aromatic nitrogens is 2. The molecule has 5 heteroatoms. The van der Waals surface area contributed by atoms with Gasteiger partial charge in [-0.05, 0) is 18.9 Å². The van der Waals surface area contributed by atoms with E-state index in [2.05, 4.69) is 26.7 Å². The summed E-state index contributed by atoms with van der Waals surface area (Å²) in [4.78, 5) is 4.23. The quantitative estimate of drug-likeness (QED) is 0.471. The summed E-state index contributed by atoms with van der Waals surface area (Å²) in [5.74, 6) is 0.435. The minimum atomic E-state index is 0.435. The van der Waals surface area contributed by atoms with Crippen LogP contribution in [0.2, 0.25) is 0 Å². The van der Waals surface area contributed by atoms with Crippen molar-refractivity contribution < 1.29 is 0 Å². The van der Waals surface area contributed by atoms with E-state index in [1.807, 2.05) is 12.3 Å². The summed E-state index contributed by atoms with van der Waals surface area (Å²) in [7, 11) is 0. The zero-order valence-corrected chi connectivity index (χ0v) is 10.7. The Morgan fingerprint density at radius 2 is 2.39 bits per heavy atom. The second-order valence-corrected chi connectivity index (χ2v) is 4.60. The smallest absolute Gasteiger partial charge is 0.189 e. The van der Waals surface area contributed by atoms with E-state index in [4.69, 9.17) is 5.73 Å². The van der Waals surface area contributed by atoms with Crippen molar-refractivity contribution in [2.75, 3.05) is 6.54 Å². The van der Waals surface area contributed by atoms with Crippen LogP contribution in [0.4, 0.5) is 0 Å². The summed E-state index contributed by atoms with van der Waals surface area (Å²) in [6, 6.07) is 2.60. The minimum absolute atomic E-state index is 0.435. The van der Waals surface area contributed by atoms with Crippen LogP contribution < -0.4 is 11.1 Å². The predicted molar refractivity (Wildman–Crippen MR) is 73.3 cm³/mol. The van der Waals surface area contributed by atoms with Gasteiger partial charge in [-0.3, -0.25) is 4.68 Å². The van der Waals surface area contributed by atoms with Gasteiger partial charge in [0.2, 0.25) is 0 Å². The maximum Gasteiger partial charge on any atom is 0.189 e. The Bertz CT molecular complexity index is 415. The maximum absolute atomic E-state index is 5.69. The molecule has 0 amide bonds. The van der Waals surface area contributed by atoms with Crippen molar-refractivity contribution in [3.63, 3.8) is 0 Å². The number of hydrogen-bond donors (Lipinski definition) is 2. The Balaban J connectivity index is 1.88. The second-order valence-electron chi connectivity index (χ2n) is 4.60. The Morgan fingerprint density at radius 3 is 3.11 bits per heavy atom. The SMILES string of the molecule is C=CCNC(N)=NCc1ccn(C2CCCC2)n1. The van der Waals surface area contributed by atoms with Crippen molar-refractivity contribution in [2.45, 2.75) is 38.3 Å². The zero-order chi connectivity index (χ0) is 12.8. The molecule has 0 unspecified atom stereocenters. The fourth-order valence-electron chi connectivity index (χ4n) is 2.23. The van der Waals surface area contributed by atoms with Crippen molar-refractivity contribution in [3.8, 4) is 0 Å². The normalized spacial score (nSPS) is 17.0. The number of guanidine groups is 1. The first-order valence-corrected chi connectivity index (χ1v) is 6.48. The Labute approximate surface area is 108 Å². The third-order valence-electron chi connectivity index (χ3n) is 3.20. The van der Waals surface area contributed by atoms with E-state index in [1.54, 1.807) is 6.08 Å². The van der Waals surface area contributed by atoms with Gasteiger partial charge in [-0.1, -0.05) is 18.9 Å². The van der Waals surface area contributed by atoms with Crippen LogP contribution in [0, 0.1) is 0 Å². The van der Waals surface area contributed by atoms with Crippen LogP contribution >= 0.6 is 0 Å². The number of nitrogens with two attached hydrogens (primary N) is 1. The summed E-state index contributed by atoms with van der Waals surface area (Å²) in [5.41, 5.74) is 6.66. The number of nitrogens with zero attached hydrogens (tertiary/aromatic N) is 3. The van der Waals surface area contributed by atoms with Crippen molar-refractivity contribution in [3.05, 3.63) is 30.6 Å². The van der Waals surface area contributed by atoms with Gasteiger partial charge >= 0.3 is 0 Å². The molecule has 2 rings (SSSR count). The van der Waals surface area contributed by atoms with E-state index in [9.17, 15) is 0 Å². The molecule has 18 heavy (non-hydrogen) atoms. The predicted octanol–water partition coefficient (Wildman–Crippen LogP) is 1.59. The van der Waals surface area contributed by atoms with E-state index in [0.717, 1.165) is 5.69 Å². The number of aliphatic imine (C=N–C) groups is 1. The molecule has 0 saturated heterocycles. The van der Waals surface area contributed by atoms with Gasteiger partial charge in [0.25, 0.3) is 0 Å². The van der Waals surface area contributed by atoms with E-state index in [1.165, 1.54) is 25.7 Å². The molecule has 3 N–H and O–H groups in total. The fraction of sp³-hybridized carbons (Fsp3) is 0.538. The van der Waals surface area contributed by atoms with Crippen LogP contribution in [-0.2, 0) is 6.54 Å². The Kier molecular flexibility index (Phi) is 4.39. The molecule has 1 aromatic rings. The van der Waals surface area contributed by atoms with Crippen LogP contribution in [0.25, 0.3) is 0 Å². The molecule has 1 saturated carbocycles. The average Bonchev–Trinajstić information content (AvgIpc) is 3.03. The van der Waals surface area contributed by atoms with Crippen LogP contribution in [0.3, 0.4) is 0 Å². The lowest BCUT2D eigenvalue weighted by Crippen LogP contribution is -2.31. The average molecular weight is 247 g/mol. The van der Waals surface area contributed by atoms with Gasteiger partial charge in [-0.15, -0.1) is 6.58 Å². The van der Waals surface area contributed by atoms with Crippen molar-refractivity contribution >= 4 is 5.96 Å². The molecule has 0 radical (unpaired) electrons. The van der Waals surface area contributed by atoms with Gasteiger partial charge in [-0.25, -0.2) is 4.99 Å². The zero-order valence-electron chi connectivity index (χ0n) is 10.7. The molecule has 5 nitrogen and oxygen atoms in total. The summed E-state index contributed by atoms with van der Waals surface area (Å²) in [5, 5.41) is 7.49. The van der Waals surface area contributed by atoms with Crippen LogP contribution in [0.1, 0.15) is 37.4 Å². The topological polar surface area (TPSA) is 68.2 Å². The molecule has 0 atom stereocenters. The summed E-state index contributed by atoms with van der Waals surface area (Å²) in [6.07, 6.45) is 8.92. The second kappa shape index (κ2) is 6.23. The molecular weight excluding hydrogens is 226 g/mol. The van der Waals surface area contributed by atoms with Crippen LogP contribution in [0.5, 0.6) is 0 Å². The van der Waals surface area contributed by atoms with E-state index in [-0.39, 0.29) is 0 Å². The third-order valence-corrected chi connectivity index (χ3v) is 3.20. The molecule has 1 aliphatic rings. The molecule has 98 valence electrons. The summed E-state index contributed by atoms with van der Waals surface area (Å²) >= 11 is 0. The van der Waals surface area contributed by atoms with Gasteiger partial charge in [0.05, 0.1) is 18.3 Å². The highest BCUT2D eigenvalue weighted by atomic mass is 15.3. The van der Waals surface area contributed by atoms with Crippen LogP contribution in [-0.4, -0.2) is 22.3 Å². The monoisotopic (exact) mass is 247 g/mol. The molecule has 1 fully saturated rings. The molecule has 0 bridgehead atoms. The van der Waals surface area contributed by atoms with Gasteiger partial charge in [0.1, 0.15) is 0 Å². The first-order valence-electron chi connectivity index (χ1n) is 6.48. The molecule has 0 aromatic carbocycles. The lowest BCUT2D eigenvalue weighted by Gasteiger charge is -2.08. The number of hydrogen-bond acceptors (Lipinski definition) is 2. The lowest BCUT2D eigenvalue weighted by molar-refractivity contribution is 0.463. The largest absolute Gasteiger partial charge is 0.370 e. The molecule has 1 aromatic heterocycles. The standard InChI is InChI=1S/C13H21N5/c1-2-8-15-13(14)16-10-11-7-9-18(17-11)12-5-3-4-6-12/h2,7,9,12H,1,3-6,8,10H2,(H3,14,15,16). The Hall–Kier alpha value is -1.78. The molecular formula is C13H21N5. The highest BCUT2D eigenvalue weighted by Crippen LogP contribution is 2.28. The molecule has 1 heterocycles. The van der Waals surface area contributed by atoms with E-state index >= 15 is 0 Å². The number of nitrogens with one attached hydrogen (secondary N) is 1. The molecule has 0 spiro atoms. The number of rotatable bonds is 5. The highest BCUT2D eigenvalue weighted by molar-refractivity contribution is 5.77.